The van der Waals surface area contributed by atoms with Crippen molar-refractivity contribution in [3.63, 3.8) is 0 Å². The number of allylic oxidation sites excluding steroid dienone is 2. The zero-order chi connectivity index (χ0) is 9.10. The molecule has 70 valence electrons. The van der Waals surface area contributed by atoms with E-state index in [-0.39, 0.29) is 5.91 Å². The van der Waals surface area contributed by atoms with Crippen LogP contribution in [0.2, 0.25) is 0 Å². The number of hydrogen-bond acceptors (Lipinski definition) is 1. The van der Waals surface area contributed by atoms with Crippen LogP contribution in [0.4, 0.5) is 0 Å². The Hall–Kier alpha value is -1.12. The molecule has 1 aliphatic carbocycles. The van der Waals surface area contributed by atoms with E-state index in [2.05, 4.69) is 17.7 Å². The van der Waals surface area contributed by atoms with Crippen LogP contribution >= 0.6 is 0 Å². The van der Waals surface area contributed by atoms with E-state index >= 15 is 0 Å². The highest BCUT2D eigenvalue weighted by Crippen LogP contribution is 2.15. The Bertz CT molecular complexity index is 279. The first kappa shape index (κ1) is 8.48. The molecule has 0 atom stereocenters. The lowest BCUT2D eigenvalue weighted by atomic mass is 10.0. The lowest BCUT2D eigenvalue weighted by molar-refractivity contribution is -0.553. The van der Waals surface area contributed by atoms with Crippen LogP contribution in [0.25, 0.3) is 0 Å². The molecule has 1 heterocycles. The third-order valence-corrected chi connectivity index (χ3v) is 2.50. The molecule has 0 saturated carbocycles. The van der Waals surface area contributed by atoms with Crippen molar-refractivity contribution in [2.24, 2.45) is 0 Å². The molecule has 0 bridgehead atoms. The van der Waals surface area contributed by atoms with Crippen molar-refractivity contribution in [3.8, 4) is 0 Å². The highest BCUT2D eigenvalue weighted by Gasteiger charge is 2.21. The zero-order valence-electron chi connectivity index (χ0n) is 7.75. The molecular weight excluding hydrogens is 164 g/mol. The van der Waals surface area contributed by atoms with Gasteiger partial charge in [-0.15, -0.1) is 10.1 Å². The van der Waals surface area contributed by atoms with Crippen molar-refractivity contribution >= 4 is 12.1 Å². The molecule has 0 spiro atoms. The summed E-state index contributed by atoms with van der Waals surface area (Å²) in [6.45, 7) is 0.816. The van der Waals surface area contributed by atoms with Crippen molar-refractivity contribution in [2.75, 3.05) is 6.54 Å². The standard InChI is InChI=1S/C10H14N2O/c13-10-6-7-12(11-10)8-9-4-2-1-3-5-9/h4,8H,1-3,5-7H2/p+1/b12-8-. The predicted molar refractivity (Wildman–Crippen MR) is 50.5 cm³/mol. The molecule has 1 aliphatic heterocycles. The molecule has 0 aromatic rings. The fraction of sp³-hybridized carbons (Fsp3) is 0.600. The number of hydrogen-bond donors (Lipinski definition) is 1. The second kappa shape index (κ2) is 3.73. The van der Waals surface area contributed by atoms with Gasteiger partial charge in [0.1, 0.15) is 0 Å². The molecule has 1 saturated heterocycles. The molecular formula is C10H15N2O+. The molecule has 3 nitrogen and oxygen atoms in total. The molecule has 0 aromatic carbocycles. The lowest BCUT2D eigenvalue weighted by Crippen LogP contribution is -2.25. The highest BCUT2D eigenvalue weighted by molar-refractivity contribution is 5.79. The SMILES string of the molecule is O=C1CC/[N+](=C/C2=CCCCC2)N1. The van der Waals surface area contributed by atoms with E-state index < -0.39 is 0 Å². The summed E-state index contributed by atoms with van der Waals surface area (Å²) in [6.07, 6.45) is 9.91. The van der Waals surface area contributed by atoms with Crippen molar-refractivity contribution in [3.05, 3.63) is 11.6 Å². The quantitative estimate of drug-likeness (QED) is 0.598. The van der Waals surface area contributed by atoms with Gasteiger partial charge >= 0.3 is 0 Å². The molecule has 0 unspecified atom stereocenters. The number of carbonyl (C=O) groups excluding carboxylic acids is 1. The second-order valence-electron chi connectivity index (χ2n) is 3.63. The van der Waals surface area contributed by atoms with Crippen LogP contribution in [0.3, 0.4) is 0 Å². The fourth-order valence-corrected chi connectivity index (χ4v) is 1.77. The van der Waals surface area contributed by atoms with Crippen molar-refractivity contribution < 1.29 is 9.48 Å². The summed E-state index contributed by atoms with van der Waals surface area (Å²) in [5.74, 6) is 0.132. The summed E-state index contributed by atoms with van der Waals surface area (Å²) in [5, 5.41) is 0. The highest BCUT2D eigenvalue weighted by atomic mass is 16.2. The van der Waals surface area contributed by atoms with Gasteiger partial charge in [0.2, 0.25) is 0 Å². The number of amides is 1. The molecule has 2 rings (SSSR count). The Kier molecular flexibility index (Phi) is 2.43. The van der Waals surface area contributed by atoms with E-state index in [0.717, 1.165) is 13.0 Å². The molecule has 1 N–H and O–H groups in total. The fourth-order valence-electron chi connectivity index (χ4n) is 1.77. The van der Waals surface area contributed by atoms with Gasteiger partial charge in [0.15, 0.2) is 12.8 Å². The van der Waals surface area contributed by atoms with Gasteiger partial charge < -0.3 is 0 Å². The molecule has 1 amide bonds. The molecule has 13 heavy (non-hydrogen) atoms. The largest absolute Gasteiger partial charge is 0.280 e. The van der Waals surface area contributed by atoms with Crippen LogP contribution in [-0.2, 0) is 4.79 Å². The van der Waals surface area contributed by atoms with Gasteiger partial charge in [-0.2, -0.15) is 0 Å². The number of hydrazine groups is 1. The van der Waals surface area contributed by atoms with Gasteiger partial charge in [0, 0.05) is 5.57 Å². The minimum absolute atomic E-state index is 0.132. The van der Waals surface area contributed by atoms with Crippen LogP contribution in [-0.4, -0.2) is 23.4 Å². The van der Waals surface area contributed by atoms with Gasteiger partial charge in [-0.05, 0) is 25.7 Å². The second-order valence-corrected chi connectivity index (χ2v) is 3.63. The van der Waals surface area contributed by atoms with Crippen LogP contribution in [0.1, 0.15) is 32.1 Å². The van der Waals surface area contributed by atoms with Crippen molar-refractivity contribution in [1.29, 1.82) is 0 Å². The van der Waals surface area contributed by atoms with Crippen LogP contribution in [0.15, 0.2) is 11.6 Å². The number of carbonyl (C=O) groups is 1. The number of rotatable bonds is 1. The van der Waals surface area contributed by atoms with Gasteiger partial charge in [0.25, 0.3) is 5.91 Å². The monoisotopic (exact) mass is 179 g/mol. The Morgan fingerprint density at radius 2 is 2.31 bits per heavy atom. The summed E-state index contributed by atoms with van der Waals surface area (Å²) in [4.78, 5) is 10.9. The summed E-state index contributed by atoms with van der Waals surface area (Å²) >= 11 is 0. The Morgan fingerprint density at radius 3 is 2.92 bits per heavy atom. The molecule has 1 fully saturated rings. The molecule has 0 radical (unpaired) electrons. The Morgan fingerprint density at radius 1 is 1.38 bits per heavy atom. The van der Waals surface area contributed by atoms with Gasteiger partial charge in [-0.25, -0.2) is 0 Å². The van der Waals surface area contributed by atoms with Crippen molar-refractivity contribution in [1.82, 2.24) is 5.43 Å². The van der Waals surface area contributed by atoms with E-state index in [0.29, 0.717) is 6.42 Å². The average molecular weight is 179 g/mol. The zero-order valence-corrected chi connectivity index (χ0v) is 7.75. The maximum absolute atomic E-state index is 10.9. The third kappa shape index (κ3) is 2.17. The number of nitrogens with one attached hydrogen (secondary N) is 1. The van der Waals surface area contributed by atoms with Gasteiger partial charge in [-0.1, -0.05) is 6.08 Å². The Labute approximate surface area is 78.1 Å². The maximum Gasteiger partial charge on any atom is 0.280 e. The summed E-state index contributed by atoms with van der Waals surface area (Å²) in [5.41, 5.74) is 4.17. The maximum atomic E-state index is 10.9. The number of hydrazone groups is 1. The smallest absolute Gasteiger partial charge is 0.269 e. The Balaban J connectivity index is 2.02. The van der Waals surface area contributed by atoms with Gasteiger partial charge in [-0.3, -0.25) is 4.79 Å². The molecule has 2 aliphatic rings. The van der Waals surface area contributed by atoms with Crippen LogP contribution < -0.4 is 5.43 Å². The van der Waals surface area contributed by atoms with Gasteiger partial charge in [0.05, 0.1) is 6.42 Å². The lowest BCUT2D eigenvalue weighted by Gasteiger charge is -2.05. The van der Waals surface area contributed by atoms with Crippen LogP contribution in [0.5, 0.6) is 0 Å². The first-order valence-corrected chi connectivity index (χ1v) is 4.94. The number of nitrogens with zero attached hydrogens (tertiary/aromatic N) is 1. The van der Waals surface area contributed by atoms with E-state index in [4.69, 9.17) is 0 Å². The van der Waals surface area contributed by atoms with E-state index in [1.54, 1.807) is 0 Å². The minimum atomic E-state index is 0.132. The first-order chi connectivity index (χ1) is 6.34. The summed E-state index contributed by atoms with van der Waals surface area (Å²) in [7, 11) is 0. The normalized spacial score (nSPS) is 26.0. The molecule has 3 heteroatoms. The van der Waals surface area contributed by atoms with E-state index in [1.165, 1.54) is 24.8 Å². The average Bonchev–Trinajstić information content (AvgIpc) is 2.53. The van der Waals surface area contributed by atoms with Crippen molar-refractivity contribution in [2.45, 2.75) is 32.1 Å². The predicted octanol–water partition coefficient (Wildman–Crippen LogP) is 1.00. The van der Waals surface area contributed by atoms with Crippen LogP contribution in [0, 0.1) is 0 Å². The summed E-state index contributed by atoms with van der Waals surface area (Å²) < 4.78 is 1.90. The van der Waals surface area contributed by atoms with E-state index in [9.17, 15) is 4.79 Å². The minimum Gasteiger partial charge on any atom is -0.269 e. The third-order valence-electron chi connectivity index (χ3n) is 2.50. The first-order valence-electron chi connectivity index (χ1n) is 4.94. The topological polar surface area (TPSA) is 32.1 Å². The van der Waals surface area contributed by atoms with E-state index in [1.807, 2.05) is 4.68 Å². The molecule has 0 aromatic heterocycles. The summed E-state index contributed by atoms with van der Waals surface area (Å²) in [6, 6.07) is 0.